The molecule has 0 amide bonds. The van der Waals surface area contributed by atoms with E-state index in [2.05, 4.69) is 5.43 Å². The molecule has 0 aliphatic carbocycles. The van der Waals surface area contributed by atoms with Gasteiger partial charge < -0.3 is 9.15 Å². The first-order chi connectivity index (χ1) is 8.74. The first kappa shape index (κ1) is 12.6. The molecule has 0 aliphatic rings. The van der Waals surface area contributed by atoms with Crippen LogP contribution < -0.4 is 16.0 Å². The molecule has 18 heavy (non-hydrogen) atoms. The number of methoxy groups -OCH3 is 1. The van der Waals surface area contributed by atoms with E-state index in [1.807, 2.05) is 6.07 Å². The van der Waals surface area contributed by atoms with Gasteiger partial charge in [-0.3, -0.25) is 11.3 Å². The number of hydrogen-bond acceptors (Lipinski definition) is 4. The van der Waals surface area contributed by atoms with Gasteiger partial charge in [-0.25, -0.2) is 4.39 Å². The largest absolute Gasteiger partial charge is 0.497 e. The third kappa shape index (κ3) is 2.69. The number of ether oxygens (including phenoxy) is 1. The van der Waals surface area contributed by atoms with Crippen molar-refractivity contribution in [2.75, 3.05) is 7.11 Å². The number of hydrazine groups is 1. The fourth-order valence-corrected chi connectivity index (χ4v) is 1.81. The van der Waals surface area contributed by atoms with Crippen LogP contribution >= 0.6 is 0 Å². The summed E-state index contributed by atoms with van der Waals surface area (Å²) in [5, 5.41) is 0. The van der Waals surface area contributed by atoms with Crippen LogP contribution in [0.4, 0.5) is 4.39 Å². The SMILES string of the molecule is COc1ccc(C(Cc2ccco2)NN)c(F)c1. The molecule has 96 valence electrons. The lowest BCUT2D eigenvalue weighted by atomic mass is 10.0. The average Bonchev–Trinajstić information content (AvgIpc) is 2.89. The summed E-state index contributed by atoms with van der Waals surface area (Å²) in [6.45, 7) is 0. The maximum atomic E-state index is 13.9. The Morgan fingerprint density at radius 3 is 2.83 bits per heavy atom. The molecule has 1 atom stereocenters. The van der Waals surface area contributed by atoms with E-state index >= 15 is 0 Å². The fourth-order valence-electron chi connectivity index (χ4n) is 1.81. The lowest BCUT2D eigenvalue weighted by molar-refractivity contribution is 0.407. The van der Waals surface area contributed by atoms with Crippen LogP contribution in [0.25, 0.3) is 0 Å². The number of rotatable bonds is 5. The highest BCUT2D eigenvalue weighted by Crippen LogP contribution is 2.24. The summed E-state index contributed by atoms with van der Waals surface area (Å²) < 4.78 is 24.1. The number of benzene rings is 1. The van der Waals surface area contributed by atoms with Gasteiger partial charge in [-0.05, 0) is 18.2 Å². The van der Waals surface area contributed by atoms with Gasteiger partial charge in [0.15, 0.2) is 0 Å². The summed E-state index contributed by atoms with van der Waals surface area (Å²) in [5.74, 6) is 6.33. The zero-order valence-electron chi connectivity index (χ0n) is 10.0. The maximum Gasteiger partial charge on any atom is 0.131 e. The molecule has 4 nitrogen and oxygen atoms in total. The van der Waals surface area contributed by atoms with Gasteiger partial charge in [0, 0.05) is 18.1 Å². The van der Waals surface area contributed by atoms with Crippen LogP contribution in [0.3, 0.4) is 0 Å². The van der Waals surface area contributed by atoms with E-state index in [1.54, 1.807) is 24.5 Å². The monoisotopic (exact) mass is 250 g/mol. The molecule has 0 spiro atoms. The van der Waals surface area contributed by atoms with E-state index in [0.29, 0.717) is 17.7 Å². The highest BCUT2D eigenvalue weighted by molar-refractivity contribution is 5.31. The second kappa shape index (κ2) is 5.66. The molecule has 0 saturated carbocycles. The van der Waals surface area contributed by atoms with E-state index in [9.17, 15) is 4.39 Å². The molecule has 1 aromatic heterocycles. The van der Waals surface area contributed by atoms with Gasteiger partial charge in [0.2, 0.25) is 0 Å². The lowest BCUT2D eigenvalue weighted by Crippen LogP contribution is -2.30. The topological polar surface area (TPSA) is 60.4 Å². The standard InChI is InChI=1S/C13H15FN2O2/c1-17-9-4-5-11(12(14)7-9)13(16-15)8-10-3-2-6-18-10/h2-7,13,16H,8,15H2,1H3. The first-order valence-electron chi connectivity index (χ1n) is 5.56. The number of furan rings is 1. The summed E-state index contributed by atoms with van der Waals surface area (Å²) in [6.07, 6.45) is 2.06. The van der Waals surface area contributed by atoms with E-state index in [-0.39, 0.29) is 11.9 Å². The Bertz CT molecular complexity index is 500. The Kier molecular flexibility index (Phi) is 3.96. The molecule has 0 saturated heterocycles. The molecular weight excluding hydrogens is 235 g/mol. The van der Waals surface area contributed by atoms with Gasteiger partial charge in [0.25, 0.3) is 0 Å². The highest BCUT2D eigenvalue weighted by Gasteiger charge is 2.16. The Morgan fingerprint density at radius 2 is 2.28 bits per heavy atom. The van der Waals surface area contributed by atoms with Crippen molar-refractivity contribution in [2.45, 2.75) is 12.5 Å². The lowest BCUT2D eigenvalue weighted by Gasteiger charge is -2.16. The summed E-state index contributed by atoms with van der Waals surface area (Å²) in [7, 11) is 1.50. The molecule has 5 heteroatoms. The first-order valence-corrected chi connectivity index (χ1v) is 5.56. The van der Waals surface area contributed by atoms with Crippen molar-refractivity contribution in [3.63, 3.8) is 0 Å². The number of halogens is 1. The Balaban J connectivity index is 2.22. The predicted octanol–water partition coefficient (Wildman–Crippen LogP) is 2.17. The highest BCUT2D eigenvalue weighted by atomic mass is 19.1. The van der Waals surface area contributed by atoms with Crippen LogP contribution in [0.5, 0.6) is 5.75 Å². The second-order valence-corrected chi connectivity index (χ2v) is 3.89. The minimum absolute atomic E-state index is 0.345. The molecule has 2 aromatic rings. The van der Waals surface area contributed by atoms with Crippen molar-refractivity contribution in [3.8, 4) is 5.75 Å². The van der Waals surface area contributed by atoms with E-state index in [4.69, 9.17) is 15.0 Å². The summed E-state index contributed by atoms with van der Waals surface area (Å²) >= 11 is 0. The third-order valence-electron chi connectivity index (χ3n) is 2.77. The van der Waals surface area contributed by atoms with Crippen molar-refractivity contribution < 1.29 is 13.5 Å². The smallest absolute Gasteiger partial charge is 0.131 e. The van der Waals surface area contributed by atoms with Crippen LogP contribution in [-0.4, -0.2) is 7.11 Å². The van der Waals surface area contributed by atoms with Crippen LogP contribution in [0, 0.1) is 5.82 Å². The molecule has 0 bridgehead atoms. The van der Waals surface area contributed by atoms with Crippen LogP contribution in [0.1, 0.15) is 17.4 Å². The normalized spacial score (nSPS) is 12.4. The summed E-state index contributed by atoms with van der Waals surface area (Å²) in [6, 6.07) is 7.95. The molecule has 0 radical (unpaired) electrons. The molecule has 0 aliphatic heterocycles. The number of hydrogen-bond donors (Lipinski definition) is 2. The molecule has 1 heterocycles. The molecular formula is C13H15FN2O2. The van der Waals surface area contributed by atoms with Gasteiger partial charge in [-0.15, -0.1) is 0 Å². The summed E-state index contributed by atoms with van der Waals surface area (Å²) in [4.78, 5) is 0. The molecule has 1 aromatic carbocycles. The Labute approximate surface area is 105 Å². The van der Waals surface area contributed by atoms with E-state index in [1.165, 1.54) is 13.2 Å². The van der Waals surface area contributed by atoms with Crippen molar-refractivity contribution in [2.24, 2.45) is 5.84 Å². The van der Waals surface area contributed by atoms with Gasteiger partial charge in [0.05, 0.1) is 19.4 Å². The van der Waals surface area contributed by atoms with Crippen LogP contribution in [0.15, 0.2) is 41.0 Å². The maximum absolute atomic E-state index is 13.9. The Morgan fingerprint density at radius 1 is 1.44 bits per heavy atom. The average molecular weight is 250 g/mol. The van der Waals surface area contributed by atoms with Gasteiger partial charge in [-0.1, -0.05) is 6.07 Å². The molecule has 3 N–H and O–H groups in total. The third-order valence-corrected chi connectivity index (χ3v) is 2.77. The molecule has 2 rings (SSSR count). The van der Waals surface area contributed by atoms with E-state index in [0.717, 1.165) is 5.76 Å². The fraction of sp³-hybridized carbons (Fsp3) is 0.231. The number of nitrogens with two attached hydrogens (primary N) is 1. The molecule has 0 fully saturated rings. The van der Waals surface area contributed by atoms with Crippen molar-refractivity contribution >= 4 is 0 Å². The van der Waals surface area contributed by atoms with Crippen molar-refractivity contribution in [1.82, 2.24) is 5.43 Å². The second-order valence-electron chi connectivity index (χ2n) is 3.89. The van der Waals surface area contributed by atoms with Crippen LogP contribution in [-0.2, 0) is 6.42 Å². The van der Waals surface area contributed by atoms with Gasteiger partial charge >= 0.3 is 0 Å². The quantitative estimate of drug-likeness (QED) is 0.630. The van der Waals surface area contributed by atoms with E-state index < -0.39 is 0 Å². The van der Waals surface area contributed by atoms with Crippen molar-refractivity contribution in [1.29, 1.82) is 0 Å². The van der Waals surface area contributed by atoms with Crippen LogP contribution in [0.2, 0.25) is 0 Å². The zero-order valence-corrected chi connectivity index (χ0v) is 10.0. The predicted molar refractivity (Wildman–Crippen MR) is 65.4 cm³/mol. The van der Waals surface area contributed by atoms with Crippen molar-refractivity contribution in [3.05, 3.63) is 53.7 Å². The zero-order chi connectivity index (χ0) is 13.0. The van der Waals surface area contributed by atoms with Gasteiger partial charge in [-0.2, -0.15) is 0 Å². The summed E-state index contributed by atoms with van der Waals surface area (Å²) in [5.41, 5.74) is 3.08. The number of nitrogens with one attached hydrogen (secondary N) is 1. The minimum atomic E-state index is -0.358. The Hall–Kier alpha value is -1.85. The van der Waals surface area contributed by atoms with Gasteiger partial charge in [0.1, 0.15) is 17.3 Å². The molecule has 1 unspecified atom stereocenters. The minimum Gasteiger partial charge on any atom is -0.497 e.